The quantitative estimate of drug-likeness (QED) is 0.786. The molecule has 0 aromatic heterocycles. The summed E-state index contributed by atoms with van der Waals surface area (Å²) < 4.78 is 1.24. The molecule has 0 radical (unpaired) electrons. The number of nitrogens with zero attached hydrogens (tertiary/aromatic N) is 1. The van der Waals surface area contributed by atoms with Gasteiger partial charge in [0.15, 0.2) is 0 Å². The Morgan fingerprint density at radius 3 is 3.00 bits per heavy atom. The zero-order valence-electron chi connectivity index (χ0n) is 9.76. The minimum atomic E-state index is 0.612. The molecule has 1 unspecified atom stereocenters. The van der Waals surface area contributed by atoms with Gasteiger partial charge in [-0.25, -0.2) is 0 Å². The lowest BCUT2D eigenvalue weighted by Crippen LogP contribution is -2.54. The minimum absolute atomic E-state index is 0.612. The molecule has 3 rings (SSSR count). The van der Waals surface area contributed by atoms with E-state index in [0.29, 0.717) is 12.1 Å². The van der Waals surface area contributed by atoms with Crippen molar-refractivity contribution in [3.8, 4) is 0 Å². The third-order valence-electron chi connectivity index (χ3n) is 3.78. The van der Waals surface area contributed by atoms with Crippen LogP contribution in [-0.4, -0.2) is 25.2 Å². The number of halogens is 1. The van der Waals surface area contributed by atoms with Crippen molar-refractivity contribution in [1.82, 2.24) is 5.32 Å². The van der Waals surface area contributed by atoms with Gasteiger partial charge in [0.05, 0.1) is 0 Å². The van der Waals surface area contributed by atoms with E-state index in [4.69, 9.17) is 0 Å². The van der Waals surface area contributed by atoms with Crippen LogP contribution in [0.3, 0.4) is 0 Å². The minimum Gasteiger partial charge on any atom is -0.363 e. The lowest BCUT2D eigenvalue weighted by atomic mass is 10.1. The first kappa shape index (κ1) is 10.6. The Labute approximate surface area is 105 Å². The zero-order chi connectivity index (χ0) is 11.3. The molecule has 0 amide bonds. The van der Waals surface area contributed by atoms with Gasteiger partial charge in [-0.05, 0) is 43.5 Å². The summed E-state index contributed by atoms with van der Waals surface area (Å²) in [7, 11) is 0. The second kappa shape index (κ2) is 3.74. The Kier molecular flexibility index (Phi) is 2.48. The summed E-state index contributed by atoms with van der Waals surface area (Å²) in [6.07, 6.45) is 1.19. The molecule has 0 spiro atoms. The van der Waals surface area contributed by atoms with Crippen molar-refractivity contribution < 1.29 is 0 Å². The first-order chi connectivity index (χ1) is 7.66. The van der Waals surface area contributed by atoms with Gasteiger partial charge in [-0.1, -0.05) is 15.9 Å². The van der Waals surface area contributed by atoms with Gasteiger partial charge in [0.1, 0.15) is 0 Å². The number of hydrogen-bond acceptors (Lipinski definition) is 2. The molecule has 0 saturated carbocycles. The number of aryl methyl sites for hydroxylation is 1. The van der Waals surface area contributed by atoms with Crippen molar-refractivity contribution in [3.05, 3.63) is 27.7 Å². The highest BCUT2D eigenvalue weighted by atomic mass is 79.9. The number of anilines is 1. The summed E-state index contributed by atoms with van der Waals surface area (Å²) in [6.45, 7) is 6.71. The second-order valence-corrected chi connectivity index (χ2v) is 5.86. The molecule has 1 saturated heterocycles. The molecule has 1 aromatic rings. The molecule has 2 heterocycles. The summed E-state index contributed by atoms with van der Waals surface area (Å²) in [5.74, 6) is 0. The first-order valence-corrected chi connectivity index (χ1v) is 6.74. The summed E-state index contributed by atoms with van der Waals surface area (Å²) >= 11 is 3.63. The third kappa shape index (κ3) is 1.49. The van der Waals surface area contributed by atoms with Crippen LogP contribution in [0.15, 0.2) is 16.6 Å². The van der Waals surface area contributed by atoms with Crippen LogP contribution in [0.1, 0.15) is 18.1 Å². The largest absolute Gasteiger partial charge is 0.363 e. The molecular weight excluding hydrogens is 264 g/mol. The highest BCUT2D eigenvalue weighted by Gasteiger charge is 2.35. The maximum Gasteiger partial charge on any atom is 0.0459 e. The first-order valence-electron chi connectivity index (χ1n) is 5.95. The molecule has 2 nitrogen and oxygen atoms in total. The summed E-state index contributed by atoms with van der Waals surface area (Å²) in [5, 5.41) is 3.52. The van der Waals surface area contributed by atoms with E-state index in [1.54, 1.807) is 0 Å². The molecule has 2 aliphatic rings. The summed E-state index contributed by atoms with van der Waals surface area (Å²) in [5.41, 5.74) is 4.29. The lowest BCUT2D eigenvalue weighted by molar-refractivity contribution is 0.430. The molecular formula is C13H17BrN2. The molecule has 2 aliphatic heterocycles. The fraction of sp³-hybridized carbons (Fsp3) is 0.538. The Hall–Kier alpha value is -0.540. The SMILES string of the molecule is Cc1cc2c(cc1Br)CC1CNC[C@H](C)N21. The number of benzene rings is 1. The standard InChI is InChI=1S/C13H17BrN2/c1-8-3-13-10(5-12(8)14)4-11-7-15-6-9(2)16(11)13/h3,5,9,11,15H,4,6-7H2,1-2H3/t9-,11?/m0/s1. The van der Waals surface area contributed by atoms with E-state index in [1.165, 1.54) is 27.7 Å². The molecule has 1 aromatic carbocycles. The van der Waals surface area contributed by atoms with Crippen LogP contribution in [-0.2, 0) is 6.42 Å². The second-order valence-electron chi connectivity index (χ2n) is 5.00. The van der Waals surface area contributed by atoms with Crippen molar-refractivity contribution in [1.29, 1.82) is 0 Å². The van der Waals surface area contributed by atoms with Crippen molar-refractivity contribution in [2.45, 2.75) is 32.4 Å². The topological polar surface area (TPSA) is 15.3 Å². The van der Waals surface area contributed by atoms with E-state index in [1.807, 2.05) is 0 Å². The fourth-order valence-electron chi connectivity index (χ4n) is 2.99. The van der Waals surface area contributed by atoms with Gasteiger partial charge in [0, 0.05) is 35.3 Å². The van der Waals surface area contributed by atoms with Crippen LogP contribution in [0.25, 0.3) is 0 Å². The predicted molar refractivity (Wildman–Crippen MR) is 71.2 cm³/mol. The molecule has 3 heteroatoms. The molecule has 2 atom stereocenters. The van der Waals surface area contributed by atoms with Gasteiger partial charge < -0.3 is 10.2 Å². The average Bonchev–Trinajstić information content (AvgIpc) is 2.58. The van der Waals surface area contributed by atoms with Crippen molar-refractivity contribution >= 4 is 21.6 Å². The van der Waals surface area contributed by atoms with E-state index in [9.17, 15) is 0 Å². The van der Waals surface area contributed by atoms with Gasteiger partial charge in [-0.15, -0.1) is 0 Å². The monoisotopic (exact) mass is 280 g/mol. The fourth-order valence-corrected chi connectivity index (χ4v) is 3.38. The number of rotatable bonds is 0. The Morgan fingerprint density at radius 1 is 1.38 bits per heavy atom. The van der Waals surface area contributed by atoms with Crippen molar-refractivity contribution in [3.63, 3.8) is 0 Å². The Morgan fingerprint density at radius 2 is 2.19 bits per heavy atom. The number of hydrogen-bond donors (Lipinski definition) is 1. The maximum absolute atomic E-state index is 3.63. The zero-order valence-corrected chi connectivity index (χ0v) is 11.3. The normalized spacial score (nSPS) is 27.8. The number of piperazine rings is 1. The number of fused-ring (bicyclic) bond motifs is 3. The van der Waals surface area contributed by atoms with Crippen molar-refractivity contribution in [2.75, 3.05) is 18.0 Å². The highest BCUT2D eigenvalue weighted by molar-refractivity contribution is 9.10. The van der Waals surface area contributed by atoms with Crippen LogP contribution < -0.4 is 10.2 Å². The van der Waals surface area contributed by atoms with Crippen LogP contribution in [0.2, 0.25) is 0 Å². The van der Waals surface area contributed by atoms with E-state index in [-0.39, 0.29) is 0 Å². The van der Waals surface area contributed by atoms with E-state index in [0.717, 1.165) is 13.1 Å². The summed E-state index contributed by atoms with van der Waals surface area (Å²) in [4.78, 5) is 2.60. The van der Waals surface area contributed by atoms with Gasteiger partial charge >= 0.3 is 0 Å². The molecule has 0 aliphatic carbocycles. The molecule has 86 valence electrons. The van der Waals surface area contributed by atoms with E-state index in [2.05, 4.69) is 52.1 Å². The van der Waals surface area contributed by atoms with Crippen LogP contribution in [0, 0.1) is 6.92 Å². The van der Waals surface area contributed by atoms with Crippen molar-refractivity contribution in [2.24, 2.45) is 0 Å². The van der Waals surface area contributed by atoms with Crippen LogP contribution in [0.5, 0.6) is 0 Å². The molecule has 1 fully saturated rings. The Bertz CT molecular complexity index is 430. The average molecular weight is 281 g/mol. The smallest absolute Gasteiger partial charge is 0.0459 e. The third-order valence-corrected chi connectivity index (χ3v) is 4.64. The van der Waals surface area contributed by atoms with E-state index >= 15 is 0 Å². The summed E-state index contributed by atoms with van der Waals surface area (Å²) in [6, 6.07) is 5.91. The van der Waals surface area contributed by atoms with Gasteiger partial charge in [0.2, 0.25) is 0 Å². The van der Waals surface area contributed by atoms with E-state index < -0.39 is 0 Å². The molecule has 0 bridgehead atoms. The van der Waals surface area contributed by atoms with Gasteiger partial charge in [0.25, 0.3) is 0 Å². The predicted octanol–water partition coefficient (Wildman–Crippen LogP) is 2.48. The Balaban J connectivity index is 2.06. The molecule has 16 heavy (non-hydrogen) atoms. The molecule has 1 N–H and O–H groups in total. The maximum atomic E-state index is 3.63. The lowest BCUT2D eigenvalue weighted by Gasteiger charge is -2.38. The number of nitrogens with one attached hydrogen (secondary N) is 1. The highest BCUT2D eigenvalue weighted by Crippen LogP contribution is 2.38. The van der Waals surface area contributed by atoms with Gasteiger partial charge in [-0.3, -0.25) is 0 Å². The van der Waals surface area contributed by atoms with Crippen LogP contribution >= 0.6 is 15.9 Å². The van der Waals surface area contributed by atoms with Crippen LogP contribution in [0.4, 0.5) is 5.69 Å². The van der Waals surface area contributed by atoms with Gasteiger partial charge in [-0.2, -0.15) is 0 Å².